The van der Waals surface area contributed by atoms with E-state index in [4.69, 9.17) is 21.1 Å². The molecule has 0 saturated heterocycles. The van der Waals surface area contributed by atoms with Gasteiger partial charge in [-0.15, -0.1) is 0 Å². The van der Waals surface area contributed by atoms with Crippen LogP contribution in [0.1, 0.15) is 39.2 Å². The molecule has 9 nitrogen and oxygen atoms in total. The monoisotopic (exact) mass is 615 g/mol. The average molecular weight is 616 g/mol. The number of ether oxygens (including phenoxy) is 2. The fourth-order valence-electron chi connectivity index (χ4n) is 4.39. The van der Waals surface area contributed by atoms with E-state index >= 15 is 0 Å². The summed E-state index contributed by atoms with van der Waals surface area (Å²) in [5.41, 5.74) is 1.00. The molecule has 0 heterocycles. The third kappa shape index (κ3) is 8.39. The number of methoxy groups -OCH3 is 1. The van der Waals surface area contributed by atoms with E-state index in [1.165, 1.54) is 29.2 Å². The van der Waals surface area contributed by atoms with E-state index in [1.807, 2.05) is 26.8 Å². The summed E-state index contributed by atoms with van der Waals surface area (Å²) < 4.78 is 39.8. The Kier molecular flexibility index (Phi) is 12.1. The Morgan fingerprint density at radius 2 is 1.64 bits per heavy atom. The second-order valence-electron chi connectivity index (χ2n) is 9.48. The van der Waals surface area contributed by atoms with Crippen molar-refractivity contribution < 1.29 is 27.5 Å². The molecular formula is C31H38ClN3O6S. The Balaban J connectivity index is 2.06. The minimum atomic E-state index is -4.21. The Labute approximate surface area is 253 Å². The first-order valence-electron chi connectivity index (χ1n) is 13.9. The molecule has 3 rings (SSSR count). The van der Waals surface area contributed by atoms with Crippen molar-refractivity contribution in [1.29, 1.82) is 0 Å². The van der Waals surface area contributed by atoms with Gasteiger partial charge in [0.15, 0.2) is 0 Å². The van der Waals surface area contributed by atoms with Crippen molar-refractivity contribution in [3.8, 4) is 11.5 Å². The van der Waals surface area contributed by atoms with Crippen LogP contribution >= 0.6 is 11.6 Å². The Bertz CT molecular complexity index is 1430. The molecule has 0 aliphatic heterocycles. The summed E-state index contributed by atoms with van der Waals surface area (Å²) in [6, 6.07) is 18.6. The first-order valence-corrected chi connectivity index (χ1v) is 15.7. The standard InChI is InChI=1S/C31H38ClN3O6S/c1-5-19-33-31(37)29(6-2)34(21-23-9-8-10-27(20-23)40-4)30(36)22-35(25-13-15-26(16-14-25)41-7-3)42(38,39)28-17-11-24(32)12-18-28/h8-18,20,29H,5-7,19,21-22H2,1-4H3,(H,33,37). The van der Waals surface area contributed by atoms with Crippen molar-refractivity contribution in [2.75, 3.05) is 31.1 Å². The summed E-state index contributed by atoms with van der Waals surface area (Å²) in [6.45, 7) is 6.05. The smallest absolute Gasteiger partial charge is 0.264 e. The van der Waals surface area contributed by atoms with Crippen LogP contribution in [0, 0.1) is 0 Å². The molecule has 0 spiro atoms. The van der Waals surface area contributed by atoms with Crippen molar-refractivity contribution in [2.45, 2.75) is 51.1 Å². The van der Waals surface area contributed by atoms with Crippen LogP contribution in [0.5, 0.6) is 11.5 Å². The number of carbonyl (C=O) groups is 2. The van der Waals surface area contributed by atoms with Crippen LogP contribution in [-0.4, -0.2) is 58.0 Å². The molecule has 1 atom stereocenters. The second kappa shape index (κ2) is 15.5. The average Bonchev–Trinajstić information content (AvgIpc) is 2.99. The first-order chi connectivity index (χ1) is 20.1. The van der Waals surface area contributed by atoms with E-state index in [0.717, 1.165) is 16.3 Å². The topological polar surface area (TPSA) is 105 Å². The highest BCUT2D eigenvalue weighted by atomic mass is 35.5. The van der Waals surface area contributed by atoms with E-state index in [0.29, 0.717) is 36.1 Å². The highest BCUT2D eigenvalue weighted by Gasteiger charge is 2.33. The van der Waals surface area contributed by atoms with E-state index in [2.05, 4.69) is 5.32 Å². The highest BCUT2D eigenvalue weighted by Crippen LogP contribution is 2.28. The molecule has 1 N–H and O–H groups in total. The maximum Gasteiger partial charge on any atom is 0.264 e. The second-order valence-corrected chi connectivity index (χ2v) is 11.8. The lowest BCUT2D eigenvalue weighted by molar-refractivity contribution is -0.140. The summed E-state index contributed by atoms with van der Waals surface area (Å²) in [4.78, 5) is 28.7. The molecule has 0 aromatic heterocycles. The number of benzene rings is 3. The van der Waals surface area contributed by atoms with Crippen LogP contribution in [0.2, 0.25) is 5.02 Å². The molecule has 42 heavy (non-hydrogen) atoms. The zero-order valence-corrected chi connectivity index (χ0v) is 26.0. The van der Waals surface area contributed by atoms with Gasteiger partial charge in [0.05, 0.1) is 24.3 Å². The van der Waals surface area contributed by atoms with Crippen LogP contribution in [0.3, 0.4) is 0 Å². The number of anilines is 1. The van der Waals surface area contributed by atoms with Crippen LogP contribution in [0.25, 0.3) is 0 Å². The SMILES string of the molecule is CCCNC(=O)C(CC)N(Cc1cccc(OC)c1)C(=O)CN(c1ccc(OCC)cc1)S(=O)(=O)c1ccc(Cl)cc1. The predicted molar refractivity (Wildman–Crippen MR) is 165 cm³/mol. The van der Waals surface area contributed by atoms with Crippen molar-refractivity contribution >= 4 is 39.1 Å². The number of hydrogen-bond donors (Lipinski definition) is 1. The third-order valence-electron chi connectivity index (χ3n) is 6.54. The Morgan fingerprint density at radius 3 is 2.24 bits per heavy atom. The van der Waals surface area contributed by atoms with Gasteiger partial charge in [-0.2, -0.15) is 0 Å². The number of amides is 2. The van der Waals surface area contributed by atoms with Crippen molar-refractivity contribution in [3.05, 3.63) is 83.4 Å². The predicted octanol–water partition coefficient (Wildman–Crippen LogP) is 5.28. The molecule has 0 aliphatic rings. The van der Waals surface area contributed by atoms with Gasteiger partial charge in [0, 0.05) is 18.1 Å². The minimum Gasteiger partial charge on any atom is -0.497 e. The number of halogens is 1. The van der Waals surface area contributed by atoms with Gasteiger partial charge >= 0.3 is 0 Å². The van der Waals surface area contributed by atoms with Gasteiger partial charge in [-0.05, 0) is 86.0 Å². The number of carbonyl (C=O) groups excluding carboxylic acids is 2. The van der Waals surface area contributed by atoms with E-state index < -0.39 is 28.5 Å². The lowest BCUT2D eigenvalue weighted by Gasteiger charge is -2.33. The summed E-state index contributed by atoms with van der Waals surface area (Å²) in [5.74, 6) is 0.325. The fraction of sp³-hybridized carbons (Fsp3) is 0.355. The number of nitrogens with zero attached hydrogens (tertiary/aromatic N) is 2. The molecule has 11 heteroatoms. The number of rotatable bonds is 15. The third-order valence-corrected chi connectivity index (χ3v) is 8.58. The van der Waals surface area contributed by atoms with Crippen LogP contribution in [-0.2, 0) is 26.2 Å². The minimum absolute atomic E-state index is 0.0272. The molecule has 3 aromatic rings. The largest absolute Gasteiger partial charge is 0.497 e. The van der Waals surface area contributed by atoms with Crippen LogP contribution in [0.15, 0.2) is 77.7 Å². The van der Waals surface area contributed by atoms with Gasteiger partial charge in [0.25, 0.3) is 10.0 Å². The summed E-state index contributed by atoms with van der Waals surface area (Å²) in [7, 11) is -2.66. The maximum atomic E-state index is 14.1. The normalized spacial score (nSPS) is 11.8. The zero-order chi connectivity index (χ0) is 30.7. The summed E-state index contributed by atoms with van der Waals surface area (Å²) in [6.07, 6.45) is 1.06. The molecule has 1 unspecified atom stereocenters. The van der Waals surface area contributed by atoms with Crippen molar-refractivity contribution in [3.63, 3.8) is 0 Å². The first kappa shape index (κ1) is 32.8. The zero-order valence-electron chi connectivity index (χ0n) is 24.4. The quantitative estimate of drug-likeness (QED) is 0.250. The van der Waals surface area contributed by atoms with Gasteiger partial charge in [-0.1, -0.05) is 37.6 Å². The molecule has 0 fully saturated rings. The molecule has 2 amide bonds. The lowest BCUT2D eigenvalue weighted by atomic mass is 10.1. The van der Waals surface area contributed by atoms with E-state index in [1.54, 1.807) is 49.6 Å². The lowest BCUT2D eigenvalue weighted by Crippen LogP contribution is -2.52. The van der Waals surface area contributed by atoms with Crippen LogP contribution in [0.4, 0.5) is 5.69 Å². The molecule has 0 radical (unpaired) electrons. The fourth-order valence-corrected chi connectivity index (χ4v) is 5.93. The number of sulfonamides is 1. The van der Waals surface area contributed by atoms with Gasteiger partial charge in [-0.25, -0.2) is 8.42 Å². The molecule has 0 saturated carbocycles. The van der Waals surface area contributed by atoms with Gasteiger partial charge in [0.1, 0.15) is 24.1 Å². The van der Waals surface area contributed by atoms with Crippen molar-refractivity contribution in [2.24, 2.45) is 0 Å². The highest BCUT2D eigenvalue weighted by molar-refractivity contribution is 7.92. The molecule has 226 valence electrons. The summed E-state index contributed by atoms with van der Waals surface area (Å²) in [5, 5.41) is 3.26. The molecule has 0 aliphatic carbocycles. The number of nitrogens with one attached hydrogen (secondary N) is 1. The van der Waals surface area contributed by atoms with Gasteiger partial charge < -0.3 is 19.7 Å². The van der Waals surface area contributed by atoms with Gasteiger partial charge in [0.2, 0.25) is 11.8 Å². The summed E-state index contributed by atoms with van der Waals surface area (Å²) >= 11 is 6.02. The van der Waals surface area contributed by atoms with Gasteiger partial charge in [-0.3, -0.25) is 13.9 Å². The van der Waals surface area contributed by atoms with E-state index in [-0.39, 0.29) is 23.0 Å². The molecule has 3 aromatic carbocycles. The molecular weight excluding hydrogens is 578 g/mol. The Hall–Kier alpha value is -3.76. The molecule has 0 bridgehead atoms. The van der Waals surface area contributed by atoms with Crippen LogP contribution < -0.4 is 19.1 Å². The van der Waals surface area contributed by atoms with E-state index in [9.17, 15) is 18.0 Å². The maximum absolute atomic E-state index is 14.1. The Morgan fingerprint density at radius 1 is 0.952 bits per heavy atom. The number of hydrogen-bond acceptors (Lipinski definition) is 6. The van der Waals surface area contributed by atoms with Crippen molar-refractivity contribution in [1.82, 2.24) is 10.2 Å².